The van der Waals surface area contributed by atoms with Gasteiger partial charge in [0.2, 0.25) is 0 Å². The normalized spacial score (nSPS) is 10.1. The first-order chi connectivity index (χ1) is 6.27. The van der Waals surface area contributed by atoms with Crippen LogP contribution in [-0.2, 0) is 0 Å². The highest BCUT2D eigenvalue weighted by atomic mass is 35.5. The zero-order chi connectivity index (χ0) is 9.68. The monoisotopic (exact) mass is 198 g/mol. The van der Waals surface area contributed by atoms with E-state index in [1.807, 2.05) is 19.2 Å². The van der Waals surface area contributed by atoms with Gasteiger partial charge in [-0.1, -0.05) is 6.07 Å². The van der Waals surface area contributed by atoms with E-state index in [1.54, 1.807) is 0 Å². The maximum Gasteiger partial charge on any atom is 0.128 e. The number of nitrogens with zero attached hydrogens (tertiary/aromatic N) is 2. The van der Waals surface area contributed by atoms with Crippen LogP contribution in [-0.4, -0.2) is 24.0 Å². The van der Waals surface area contributed by atoms with Crippen molar-refractivity contribution < 1.29 is 0 Å². The fraction of sp³-hybridized carbons (Fsp3) is 0.500. The Bertz CT molecular complexity index is 246. The molecule has 0 aliphatic rings. The third-order valence-corrected chi connectivity index (χ3v) is 2.12. The highest BCUT2D eigenvalue weighted by molar-refractivity contribution is 6.18. The Kier molecular flexibility index (Phi) is 4.03. The molecule has 0 fully saturated rings. The first-order valence-electron chi connectivity index (χ1n) is 4.51. The minimum absolute atomic E-state index is 0.642. The molecule has 0 saturated carbocycles. The van der Waals surface area contributed by atoms with E-state index in [2.05, 4.69) is 22.9 Å². The second-order valence-electron chi connectivity index (χ2n) is 2.96. The summed E-state index contributed by atoms with van der Waals surface area (Å²) in [5.41, 5.74) is 1.19. The molecule has 0 aromatic carbocycles. The topological polar surface area (TPSA) is 16.1 Å². The maximum absolute atomic E-state index is 5.69. The second kappa shape index (κ2) is 5.07. The largest absolute Gasteiger partial charge is 0.356 e. The van der Waals surface area contributed by atoms with E-state index in [-0.39, 0.29) is 0 Å². The average molecular weight is 199 g/mol. The van der Waals surface area contributed by atoms with Gasteiger partial charge in [0.1, 0.15) is 5.82 Å². The van der Waals surface area contributed by atoms with E-state index in [0.717, 1.165) is 18.9 Å². The molecule has 13 heavy (non-hydrogen) atoms. The van der Waals surface area contributed by atoms with Crippen molar-refractivity contribution in [3.05, 3.63) is 23.9 Å². The molecule has 0 aliphatic heterocycles. The lowest BCUT2D eigenvalue weighted by Gasteiger charge is -2.20. The Morgan fingerprint density at radius 1 is 1.46 bits per heavy atom. The smallest absolute Gasteiger partial charge is 0.128 e. The summed E-state index contributed by atoms with van der Waals surface area (Å²) in [5, 5.41) is 0. The van der Waals surface area contributed by atoms with Crippen molar-refractivity contribution >= 4 is 17.4 Å². The highest BCUT2D eigenvalue weighted by Gasteiger charge is 2.03. The molecular formula is C10H15ClN2. The SMILES string of the molecule is CCN(CCCl)c1ccc(C)cn1. The number of rotatable bonds is 4. The van der Waals surface area contributed by atoms with Crippen LogP contribution in [0.3, 0.4) is 0 Å². The van der Waals surface area contributed by atoms with Gasteiger partial charge in [0.15, 0.2) is 0 Å². The molecule has 1 heterocycles. The molecule has 0 bridgehead atoms. The number of aryl methyl sites for hydroxylation is 1. The lowest BCUT2D eigenvalue weighted by molar-refractivity contribution is 0.849. The fourth-order valence-corrected chi connectivity index (χ4v) is 1.39. The van der Waals surface area contributed by atoms with Crippen molar-refractivity contribution in [3.63, 3.8) is 0 Å². The van der Waals surface area contributed by atoms with Gasteiger partial charge in [0.25, 0.3) is 0 Å². The van der Waals surface area contributed by atoms with Crippen LogP contribution in [0, 0.1) is 6.92 Å². The van der Waals surface area contributed by atoms with Gasteiger partial charge in [-0.3, -0.25) is 0 Å². The minimum Gasteiger partial charge on any atom is -0.356 e. The lowest BCUT2D eigenvalue weighted by Crippen LogP contribution is -2.25. The van der Waals surface area contributed by atoms with Crippen LogP contribution in [0.1, 0.15) is 12.5 Å². The van der Waals surface area contributed by atoms with Crippen LogP contribution in [0.15, 0.2) is 18.3 Å². The number of alkyl halides is 1. The van der Waals surface area contributed by atoms with Crippen molar-refractivity contribution in [3.8, 4) is 0 Å². The molecule has 0 aliphatic carbocycles. The molecule has 1 aromatic rings. The molecule has 2 nitrogen and oxygen atoms in total. The summed E-state index contributed by atoms with van der Waals surface area (Å²) in [5.74, 6) is 1.65. The van der Waals surface area contributed by atoms with E-state index >= 15 is 0 Å². The first kappa shape index (κ1) is 10.3. The molecular weight excluding hydrogens is 184 g/mol. The van der Waals surface area contributed by atoms with Gasteiger partial charge in [0, 0.05) is 25.2 Å². The van der Waals surface area contributed by atoms with Crippen molar-refractivity contribution in [1.82, 2.24) is 4.98 Å². The summed E-state index contributed by atoms with van der Waals surface area (Å²) < 4.78 is 0. The molecule has 0 radical (unpaired) electrons. The molecule has 1 aromatic heterocycles. The maximum atomic E-state index is 5.69. The number of aromatic nitrogens is 1. The Hall–Kier alpha value is -0.760. The predicted molar refractivity (Wildman–Crippen MR) is 57.6 cm³/mol. The van der Waals surface area contributed by atoms with E-state index in [4.69, 9.17) is 11.6 Å². The molecule has 0 saturated heterocycles. The molecule has 0 spiro atoms. The Morgan fingerprint density at radius 3 is 2.69 bits per heavy atom. The quantitative estimate of drug-likeness (QED) is 0.691. The van der Waals surface area contributed by atoms with Crippen LogP contribution in [0.2, 0.25) is 0 Å². The van der Waals surface area contributed by atoms with Gasteiger partial charge < -0.3 is 4.90 Å². The molecule has 1 rings (SSSR count). The minimum atomic E-state index is 0.642. The van der Waals surface area contributed by atoms with Gasteiger partial charge in [-0.05, 0) is 25.5 Å². The van der Waals surface area contributed by atoms with Crippen LogP contribution in [0.4, 0.5) is 5.82 Å². The van der Waals surface area contributed by atoms with Crippen LogP contribution in [0.5, 0.6) is 0 Å². The molecule has 0 N–H and O–H groups in total. The average Bonchev–Trinajstić information content (AvgIpc) is 2.16. The first-order valence-corrected chi connectivity index (χ1v) is 5.05. The summed E-state index contributed by atoms with van der Waals surface area (Å²) in [7, 11) is 0. The second-order valence-corrected chi connectivity index (χ2v) is 3.34. The van der Waals surface area contributed by atoms with Crippen LogP contribution in [0.25, 0.3) is 0 Å². The lowest BCUT2D eigenvalue weighted by atomic mass is 10.3. The number of anilines is 1. The third kappa shape index (κ3) is 2.88. The number of pyridine rings is 1. The van der Waals surface area contributed by atoms with Gasteiger partial charge in [-0.25, -0.2) is 4.98 Å². The number of hydrogen-bond donors (Lipinski definition) is 0. The zero-order valence-electron chi connectivity index (χ0n) is 8.13. The van der Waals surface area contributed by atoms with E-state index < -0.39 is 0 Å². The Morgan fingerprint density at radius 2 is 2.23 bits per heavy atom. The standard InChI is InChI=1S/C10H15ClN2/c1-3-13(7-6-11)10-5-4-9(2)8-12-10/h4-5,8H,3,6-7H2,1-2H3. The summed E-state index contributed by atoms with van der Waals surface area (Å²) in [6.45, 7) is 5.94. The highest BCUT2D eigenvalue weighted by Crippen LogP contribution is 2.10. The summed E-state index contributed by atoms with van der Waals surface area (Å²) in [6.07, 6.45) is 1.88. The molecule has 0 unspecified atom stereocenters. The summed E-state index contributed by atoms with van der Waals surface area (Å²) in [6, 6.07) is 4.10. The third-order valence-electron chi connectivity index (χ3n) is 1.96. The number of hydrogen-bond acceptors (Lipinski definition) is 2. The fourth-order valence-electron chi connectivity index (χ4n) is 1.18. The summed E-state index contributed by atoms with van der Waals surface area (Å²) in [4.78, 5) is 6.49. The molecule has 3 heteroatoms. The van der Waals surface area contributed by atoms with E-state index in [9.17, 15) is 0 Å². The molecule has 72 valence electrons. The predicted octanol–water partition coefficient (Wildman–Crippen LogP) is 2.46. The summed E-state index contributed by atoms with van der Waals surface area (Å²) >= 11 is 5.69. The zero-order valence-corrected chi connectivity index (χ0v) is 8.88. The van der Waals surface area contributed by atoms with Gasteiger partial charge in [-0.2, -0.15) is 0 Å². The van der Waals surface area contributed by atoms with Crippen molar-refractivity contribution in [2.45, 2.75) is 13.8 Å². The molecule has 0 atom stereocenters. The Labute approximate surface area is 84.5 Å². The van der Waals surface area contributed by atoms with E-state index in [0.29, 0.717) is 5.88 Å². The van der Waals surface area contributed by atoms with Gasteiger partial charge >= 0.3 is 0 Å². The van der Waals surface area contributed by atoms with Crippen LogP contribution < -0.4 is 4.90 Å². The van der Waals surface area contributed by atoms with Gasteiger partial charge in [0.05, 0.1) is 0 Å². The van der Waals surface area contributed by atoms with Crippen molar-refractivity contribution in [2.75, 3.05) is 23.9 Å². The van der Waals surface area contributed by atoms with Gasteiger partial charge in [-0.15, -0.1) is 11.6 Å². The van der Waals surface area contributed by atoms with E-state index in [1.165, 1.54) is 5.56 Å². The van der Waals surface area contributed by atoms with Crippen LogP contribution >= 0.6 is 11.6 Å². The molecule has 0 amide bonds. The number of halogens is 1. The Balaban J connectivity index is 2.73. The van der Waals surface area contributed by atoms with Crippen molar-refractivity contribution in [2.24, 2.45) is 0 Å². The van der Waals surface area contributed by atoms with Crippen molar-refractivity contribution in [1.29, 1.82) is 0 Å².